The van der Waals surface area contributed by atoms with Gasteiger partial charge in [-0.3, -0.25) is 4.79 Å². The van der Waals surface area contributed by atoms with E-state index in [2.05, 4.69) is 44.5 Å². The lowest BCUT2D eigenvalue weighted by Crippen LogP contribution is -2.22. The first-order valence-corrected chi connectivity index (χ1v) is 9.71. The molecule has 4 rings (SSSR count). The Balaban J connectivity index is 1.68. The molecule has 0 aliphatic heterocycles. The van der Waals surface area contributed by atoms with Crippen LogP contribution in [0.3, 0.4) is 0 Å². The summed E-state index contributed by atoms with van der Waals surface area (Å²) in [6, 6.07) is 12.6. The highest BCUT2D eigenvalue weighted by molar-refractivity contribution is 9.10. The Morgan fingerprint density at radius 1 is 1.30 bits per heavy atom. The van der Waals surface area contributed by atoms with Crippen molar-refractivity contribution in [3.63, 3.8) is 0 Å². The van der Waals surface area contributed by atoms with Crippen LogP contribution in [-0.4, -0.2) is 15.7 Å². The summed E-state index contributed by atoms with van der Waals surface area (Å²) in [5.41, 5.74) is 3.71. The van der Waals surface area contributed by atoms with Gasteiger partial charge in [0.15, 0.2) is 0 Å². The van der Waals surface area contributed by atoms with E-state index in [1.54, 1.807) is 12.3 Å². The van der Waals surface area contributed by atoms with Crippen molar-refractivity contribution in [2.24, 2.45) is 0 Å². The van der Waals surface area contributed by atoms with Gasteiger partial charge < -0.3 is 5.32 Å². The van der Waals surface area contributed by atoms with Crippen molar-refractivity contribution in [1.29, 1.82) is 0 Å². The second-order valence-corrected chi connectivity index (χ2v) is 7.76. The van der Waals surface area contributed by atoms with Gasteiger partial charge >= 0.3 is 0 Å². The number of benzene rings is 2. The first-order valence-electron chi connectivity index (χ1n) is 8.92. The smallest absolute Gasteiger partial charge is 0.256 e. The van der Waals surface area contributed by atoms with Gasteiger partial charge in [-0.05, 0) is 55.5 Å². The Kier molecular flexibility index (Phi) is 4.83. The summed E-state index contributed by atoms with van der Waals surface area (Å²) in [7, 11) is 0. The predicted octanol–water partition coefficient (Wildman–Crippen LogP) is 5.27. The van der Waals surface area contributed by atoms with Gasteiger partial charge in [0.2, 0.25) is 0 Å². The maximum absolute atomic E-state index is 13.7. The highest BCUT2D eigenvalue weighted by atomic mass is 79.9. The topological polar surface area (TPSA) is 46.9 Å². The van der Waals surface area contributed by atoms with Crippen LogP contribution in [0.15, 0.2) is 53.1 Å². The first kappa shape index (κ1) is 17.9. The van der Waals surface area contributed by atoms with Crippen molar-refractivity contribution < 1.29 is 9.18 Å². The molecule has 0 saturated heterocycles. The van der Waals surface area contributed by atoms with E-state index < -0.39 is 5.82 Å². The van der Waals surface area contributed by atoms with E-state index in [4.69, 9.17) is 0 Å². The maximum Gasteiger partial charge on any atom is 0.256 e. The van der Waals surface area contributed by atoms with Crippen LogP contribution in [0.5, 0.6) is 0 Å². The number of rotatable bonds is 3. The SMILES string of the molecule is Cc1cnn(C2CCCc3ccccc32)c1NC(=O)c1cc(F)cc(Br)c1. The fourth-order valence-corrected chi connectivity index (χ4v) is 4.15. The number of amides is 1. The van der Waals surface area contributed by atoms with Crippen molar-refractivity contribution in [2.75, 3.05) is 5.32 Å². The van der Waals surface area contributed by atoms with E-state index in [9.17, 15) is 9.18 Å². The minimum absolute atomic E-state index is 0.0817. The first-order chi connectivity index (χ1) is 13.0. The lowest BCUT2D eigenvalue weighted by atomic mass is 9.88. The van der Waals surface area contributed by atoms with Crippen LogP contribution in [0.4, 0.5) is 10.2 Å². The van der Waals surface area contributed by atoms with Gasteiger partial charge in [-0.25, -0.2) is 9.07 Å². The molecule has 1 aliphatic carbocycles. The lowest BCUT2D eigenvalue weighted by molar-refractivity contribution is 0.102. The van der Waals surface area contributed by atoms with Gasteiger partial charge in [0.1, 0.15) is 11.6 Å². The van der Waals surface area contributed by atoms with Crippen molar-refractivity contribution in [2.45, 2.75) is 32.2 Å². The number of carbonyl (C=O) groups excluding carboxylic acids is 1. The Labute approximate surface area is 165 Å². The van der Waals surface area contributed by atoms with E-state index in [0.29, 0.717) is 10.3 Å². The standard InChI is InChI=1S/C21H19BrFN3O/c1-13-12-24-26(19-8-4-6-14-5-2-3-7-18(14)19)20(13)25-21(27)15-9-16(22)11-17(23)10-15/h2-3,5,7,9-12,19H,4,6,8H2,1H3,(H,25,27). The van der Waals surface area contributed by atoms with E-state index in [1.165, 1.54) is 23.3 Å². The summed E-state index contributed by atoms with van der Waals surface area (Å²) in [6.07, 6.45) is 4.86. The number of anilines is 1. The Hall–Kier alpha value is -2.47. The molecule has 1 aromatic heterocycles. The second kappa shape index (κ2) is 7.27. The third-order valence-corrected chi connectivity index (χ3v) is 5.43. The van der Waals surface area contributed by atoms with Crippen molar-refractivity contribution in [3.8, 4) is 0 Å². The molecule has 1 aliphatic rings. The Morgan fingerprint density at radius 2 is 2.11 bits per heavy atom. The number of fused-ring (bicyclic) bond motifs is 1. The molecule has 6 heteroatoms. The fourth-order valence-electron chi connectivity index (χ4n) is 3.69. The average molecular weight is 428 g/mol. The van der Waals surface area contributed by atoms with Crippen molar-refractivity contribution in [3.05, 3.63) is 81.2 Å². The van der Waals surface area contributed by atoms with Gasteiger partial charge in [0.05, 0.1) is 12.2 Å². The normalized spacial score (nSPS) is 16.0. The van der Waals surface area contributed by atoms with Gasteiger partial charge in [-0.2, -0.15) is 5.10 Å². The number of halogens is 2. The number of hydrogen-bond acceptors (Lipinski definition) is 2. The number of aromatic nitrogens is 2. The molecule has 1 unspecified atom stereocenters. The zero-order chi connectivity index (χ0) is 19.0. The summed E-state index contributed by atoms with van der Waals surface area (Å²) in [4.78, 5) is 12.7. The number of carbonyl (C=O) groups is 1. The minimum Gasteiger partial charge on any atom is -0.307 e. The zero-order valence-corrected chi connectivity index (χ0v) is 16.5. The molecule has 0 bridgehead atoms. The van der Waals surface area contributed by atoms with Crippen molar-refractivity contribution in [1.82, 2.24) is 9.78 Å². The molecule has 2 aromatic carbocycles. The summed E-state index contributed by atoms with van der Waals surface area (Å²) in [5, 5.41) is 7.47. The molecule has 1 N–H and O–H groups in total. The van der Waals surface area contributed by atoms with Crippen LogP contribution in [-0.2, 0) is 6.42 Å². The molecule has 3 aromatic rings. The van der Waals surface area contributed by atoms with E-state index in [1.807, 2.05) is 17.7 Å². The average Bonchev–Trinajstić information content (AvgIpc) is 3.01. The zero-order valence-electron chi connectivity index (χ0n) is 14.9. The molecule has 0 fully saturated rings. The molecule has 4 nitrogen and oxygen atoms in total. The van der Waals surface area contributed by atoms with E-state index in [0.717, 1.165) is 24.8 Å². The highest BCUT2D eigenvalue weighted by Gasteiger charge is 2.25. The molecular formula is C21H19BrFN3O. The molecular weight excluding hydrogens is 409 g/mol. The van der Waals surface area contributed by atoms with Gasteiger partial charge in [0, 0.05) is 15.6 Å². The van der Waals surface area contributed by atoms with E-state index in [-0.39, 0.29) is 17.5 Å². The van der Waals surface area contributed by atoms with Crippen molar-refractivity contribution >= 4 is 27.7 Å². The highest BCUT2D eigenvalue weighted by Crippen LogP contribution is 2.35. The summed E-state index contributed by atoms with van der Waals surface area (Å²) >= 11 is 3.23. The summed E-state index contributed by atoms with van der Waals surface area (Å²) in [6.45, 7) is 1.91. The van der Waals surface area contributed by atoms with E-state index >= 15 is 0 Å². The Morgan fingerprint density at radius 3 is 2.93 bits per heavy atom. The van der Waals surface area contributed by atoms with Gasteiger partial charge in [-0.15, -0.1) is 0 Å². The molecule has 1 atom stereocenters. The fraction of sp³-hybridized carbons (Fsp3) is 0.238. The molecule has 138 valence electrons. The molecule has 0 radical (unpaired) electrons. The minimum atomic E-state index is -0.457. The molecule has 0 saturated carbocycles. The summed E-state index contributed by atoms with van der Waals surface area (Å²) < 4.78 is 16.1. The number of hydrogen-bond donors (Lipinski definition) is 1. The third-order valence-electron chi connectivity index (χ3n) is 4.97. The number of nitrogens with zero attached hydrogens (tertiary/aromatic N) is 2. The molecule has 27 heavy (non-hydrogen) atoms. The largest absolute Gasteiger partial charge is 0.307 e. The van der Waals surface area contributed by atoms with Gasteiger partial charge in [0.25, 0.3) is 5.91 Å². The monoisotopic (exact) mass is 427 g/mol. The van der Waals surface area contributed by atoms with Crippen LogP contribution in [0.25, 0.3) is 0 Å². The summed E-state index contributed by atoms with van der Waals surface area (Å²) in [5.74, 6) is -0.160. The molecule has 0 spiro atoms. The molecule has 1 heterocycles. The number of aryl methyl sites for hydroxylation is 2. The predicted molar refractivity (Wildman–Crippen MR) is 107 cm³/mol. The Bertz CT molecular complexity index is 994. The van der Waals surface area contributed by atoms with Crippen LogP contribution in [0.2, 0.25) is 0 Å². The van der Waals surface area contributed by atoms with Crippen LogP contribution < -0.4 is 5.32 Å². The third kappa shape index (κ3) is 3.54. The molecule has 1 amide bonds. The second-order valence-electron chi connectivity index (χ2n) is 6.84. The lowest BCUT2D eigenvalue weighted by Gasteiger charge is -2.27. The van der Waals surface area contributed by atoms with Crippen LogP contribution in [0.1, 0.15) is 45.9 Å². The van der Waals surface area contributed by atoms with Gasteiger partial charge in [-0.1, -0.05) is 40.2 Å². The van der Waals surface area contributed by atoms with Crippen LogP contribution in [0, 0.1) is 12.7 Å². The quantitative estimate of drug-likeness (QED) is 0.618. The van der Waals surface area contributed by atoms with Crippen LogP contribution >= 0.6 is 15.9 Å². The number of nitrogens with one attached hydrogen (secondary N) is 1. The maximum atomic E-state index is 13.7.